The lowest BCUT2D eigenvalue weighted by Crippen LogP contribution is -2.22. The summed E-state index contributed by atoms with van der Waals surface area (Å²) in [5.41, 5.74) is 5.66. The molecule has 34 heavy (non-hydrogen) atoms. The smallest absolute Gasteiger partial charge is 0.236 e. The SMILES string of the molecule is ClP1(Cl)=NP(Cl)(Cl)=NP(C#CC2C=CC=C2)(c2c(C3C=CC=C3)nnn2Cc2ccccc2)=N1. The molecule has 0 N–H and O–H groups in total. The summed E-state index contributed by atoms with van der Waals surface area (Å²) in [6.45, 7) is 0.435. The highest BCUT2D eigenvalue weighted by Gasteiger charge is 2.39. The van der Waals surface area contributed by atoms with Gasteiger partial charge in [0.15, 0.2) is 0 Å². The maximum Gasteiger partial charge on any atom is 0.256 e. The molecule has 3 aliphatic rings. The number of nitrogens with zero attached hydrogens (tertiary/aromatic N) is 6. The molecule has 2 aromatic rings. The predicted octanol–water partition coefficient (Wildman–Crippen LogP) is 8.84. The first-order valence-corrected chi connectivity index (χ1v) is 18.9. The third-order valence-corrected chi connectivity index (χ3v) is 17.0. The third kappa shape index (κ3) is 5.28. The minimum atomic E-state index is -3.24. The summed E-state index contributed by atoms with van der Waals surface area (Å²) in [6.07, 6.45) is 15.8. The lowest BCUT2D eigenvalue weighted by molar-refractivity contribution is 0.662. The number of hydrogen-bond donors (Lipinski definition) is 0. The molecular formula is C21H17Cl4N6P3. The second-order valence-electron chi connectivity index (χ2n) is 7.57. The van der Waals surface area contributed by atoms with Crippen LogP contribution in [-0.4, -0.2) is 15.0 Å². The van der Waals surface area contributed by atoms with E-state index in [1.54, 1.807) is 4.68 Å². The van der Waals surface area contributed by atoms with Crippen LogP contribution in [0, 0.1) is 17.5 Å². The van der Waals surface area contributed by atoms with E-state index in [1.165, 1.54) is 0 Å². The van der Waals surface area contributed by atoms with Crippen LogP contribution in [0.25, 0.3) is 0 Å². The summed E-state index contributed by atoms with van der Waals surface area (Å²) in [7, 11) is -3.19. The van der Waals surface area contributed by atoms with Crippen LogP contribution < -0.4 is 5.44 Å². The van der Waals surface area contributed by atoms with Crippen molar-refractivity contribution in [1.29, 1.82) is 0 Å². The molecule has 0 bridgehead atoms. The molecule has 0 saturated carbocycles. The number of hydrogen-bond acceptors (Lipinski definition) is 5. The number of rotatable bonds is 4. The number of halogens is 4. The highest BCUT2D eigenvalue weighted by Crippen LogP contribution is 2.85. The van der Waals surface area contributed by atoms with Gasteiger partial charge in [-0.1, -0.05) is 90.1 Å². The van der Waals surface area contributed by atoms with Gasteiger partial charge in [0.1, 0.15) is 11.1 Å². The quantitative estimate of drug-likeness (QED) is 0.265. The number of benzene rings is 1. The van der Waals surface area contributed by atoms with Gasteiger partial charge in [0.2, 0.25) is 7.21 Å². The Hall–Kier alpha value is -1.27. The molecule has 1 unspecified atom stereocenters. The fourth-order valence-corrected chi connectivity index (χ4v) is 19.3. The van der Waals surface area contributed by atoms with Crippen LogP contribution in [0.4, 0.5) is 0 Å². The molecule has 174 valence electrons. The van der Waals surface area contributed by atoms with Crippen molar-refractivity contribution in [2.45, 2.75) is 12.5 Å². The third-order valence-electron chi connectivity index (χ3n) is 5.09. The van der Waals surface area contributed by atoms with Crippen LogP contribution in [0.3, 0.4) is 0 Å². The minimum absolute atomic E-state index is 0.0916. The van der Waals surface area contributed by atoms with Gasteiger partial charge in [0.05, 0.1) is 12.5 Å². The van der Waals surface area contributed by atoms with Gasteiger partial charge >= 0.3 is 0 Å². The first-order chi connectivity index (χ1) is 16.3. The second-order valence-corrected chi connectivity index (χ2v) is 20.1. The van der Waals surface area contributed by atoms with Crippen LogP contribution in [-0.2, 0) is 6.54 Å². The summed E-state index contributed by atoms with van der Waals surface area (Å²) < 4.78 is 15.5. The molecule has 1 aromatic heterocycles. The summed E-state index contributed by atoms with van der Waals surface area (Å²) in [5, 5.41) is 9.02. The Morgan fingerprint density at radius 2 is 1.47 bits per heavy atom. The van der Waals surface area contributed by atoms with E-state index in [-0.39, 0.29) is 11.8 Å². The molecule has 2 aliphatic carbocycles. The van der Waals surface area contributed by atoms with Crippen LogP contribution >= 0.6 is 64.0 Å². The van der Waals surface area contributed by atoms with Crippen molar-refractivity contribution in [2.24, 2.45) is 19.5 Å². The Bertz CT molecular complexity index is 1450. The molecule has 2 heterocycles. The first-order valence-electron chi connectivity index (χ1n) is 10.2. The maximum atomic E-state index is 6.57. The van der Waals surface area contributed by atoms with Crippen LogP contribution in [0.15, 0.2) is 92.5 Å². The second kappa shape index (κ2) is 9.65. The van der Waals surface area contributed by atoms with Gasteiger partial charge in [-0.3, -0.25) is 0 Å². The normalized spacial score (nSPS) is 24.4. The minimum Gasteiger partial charge on any atom is -0.236 e. The Kier molecular flexibility index (Phi) is 6.93. The van der Waals surface area contributed by atoms with Gasteiger partial charge in [-0.15, -0.1) is 5.10 Å². The molecule has 0 radical (unpaired) electrons. The van der Waals surface area contributed by atoms with Crippen molar-refractivity contribution in [3.05, 3.63) is 90.2 Å². The number of allylic oxidation sites excluding steroid dienone is 8. The Balaban J connectivity index is 1.79. The van der Waals surface area contributed by atoms with Crippen LogP contribution in [0.5, 0.6) is 0 Å². The van der Waals surface area contributed by atoms with E-state index in [0.717, 1.165) is 5.56 Å². The van der Waals surface area contributed by atoms with E-state index < -0.39 is 19.0 Å². The summed E-state index contributed by atoms with van der Waals surface area (Å²) >= 11 is 26.3. The van der Waals surface area contributed by atoms with E-state index >= 15 is 0 Å². The van der Waals surface area contributed by atoms with Gasteiger partial charge in [-0.2, -0.15) is 13.5 Å². The molecule has 6 nitrogen and oxygen atoms in total. The first kappa shape index (κ1) is 24.4. The average Bonchev–Trinajstić information content (AvgIpc) is 3.52. The van der Waals surface area contributed by atoms with E-state index in [2.05, 4.69) is 26.4 Å². The van der Waals surface area contributed by atoms with Crippen molar-refractivity contribution in [3.63, 3.8) is 0 Å². The molecule has 1 aliphatic heterocycles. The summed E-state index contributed by atoms with van der Waals surface area (Å²) in [5.74, 6) is -3.44. The van der Waals surface area contributed by atoms with E-state index in [1.807, 2.05) is 78.9 Å². The van der Waals surface area contributed by atoms with Crippen molar-refractivity contribution in [2.75, 3.05) is 0 Å². The topological polar surface area (TPSA) is 67.8 Å². The largest absolute Gasteiger partial charge is 0.256 e. The van der Waals surface area contributed by atoms with Gasteiger partial charge < -0.3 is 0 Å². The number of aromatic nitrogens is 3. The predicted molar refractivity (Wildman–Crippen MR) is 147 cm³/mol. The van der Waals surface area contributed by atoms with Crippen LogP contribution in [0.2, 0.25) is 0 Å². The van der Waals surface area contributed by atoms with Crippen molar-refractivity contribution >= 4 is 69.4 Å². The molecule has 1 aromatic carbocycles. The van der Waals surface area contributed by atoms with E-state index in [4.69, 9.17) is 54.0 Å². The summed E-state index contributed by atoms with van der Waals surface area (Å²) in [4.78, 5) is 0. The molecule has 1 atom stereocenters. The lowest BCUT2D eigenvalue weighted by atomic mass is 10.1. The van der Waals surface area contributed by atoms with Crippen molar-refractivity contribution in [1.82, 2.24) is 15.0 Å². The van der Waals surface area contributed by atoms with E-state index in [9.17, 15) is 0 Å². The Morgan fingerprint density at radius 1 is 0.824 bits per heavy atom. The Morgan fingerprint density at radius 3 is 2.15 bits per heavy atom. The molecule has 0 saturated heterocycles. The fraction of sp³-hybridized carbons (Fsp3) is 0.143. The molecule has 0 spiro atoms. The highest BCUT2D eigenvalue weighted by atomic mass is 35.9. The molecule has 5 rings (SSSR count). The zero-order valence-corrected chi connectivity index (χ0v) is 23.1. The fourth-order valence-electron chi connectivity index (χ4n) is 3.70. The molecular weight excluding hydrogens is 571 g/mol. The van der Waals surface area contributed by atoms with Crippen molar-refractivity contribution in [3.8, 4) is 11.6 Å². The van der Waals surface area contributed by atoms with Crippen LogP contribution in [0.1, 0.15) is 17.2 Å². The van der Waals surface area contributed by atoms with Gasteiger partial charge in [-0.05, 0) is 56.2 Å². The van der Waals surface area contributed by atoms with Crippen molar-refractivity contribution < 1.29 is 0 Å². The molecule has 0 fully saturated rings. The monoisotopic (exact) mass is 586 g/mol. The molecule has 0 amide bonds. The zero-order valence-electron chi connectivity index (χ0n) is 17.4. The lowest BCUT2D eigenvalue weighted by Gasteiger charge is -2.24. The van der Waals surface area contributed by atoms with Gasteiger partial charge in [0.25, 0.3) is 11.8 Å². The highest BCUT2D eigenvalue weighted by molar-refractivity contribution is 8.21. The van der Waals surface area contributed by atoms with Gasteiger partial charge in [-0.25, -0.2) is 4.68 Å². The molecule has 13 heteroatoms. The zero-order chi connectivity index (χ0) is 23.8. The standard InChI is InChI=1S/C21H17Cl4N6P3/c22-33(23)28-32(29-34(24,25)30-33,15-14-17-8-4-5-9-17)21-20(19-12-6-7-13-19)26-27-31(21)16-18-10-2-1-3-11-18/h1-13,17,19H,16H2. The summed E-state index contributed by atoms with van der Waals surface area (Å²) in [6, 6.07) is 9.92. The Labute approximate surface area is 217 Å². The van der Waals surface area contributed by atoms with Gasteiger partial charge in [0, 0.05) is 5.92 Å². The maximum absolute atomic E-state index is 6.57. The van der Waals surface area contributed by atoms with E-state index in [0.29, 0.717) is 17.7 Å². The average molecular weight is 588 g/mol.